The van der Waals surface area contributed by atoms with Crippen LogP contribution in [0.1, 0.15) is 39.0 Å². The highest BCUT2D eigenvalue weighted by Crippen LogP contribution is 2.77. The van der Waals surface area contributed by atoms with Gasteiger partial charge in [-0.25, -0.2) is 0 Å². The maximum absolute atomic E-state index is 12.7. The first-order valence-electron chi connectivity index (χ1n) is 9.19. The third kappa shape index (κ3) is 1.41. The molecule has 5 aliphatic rings. The molecule has 0 amide bonds. The van der Waals surface area contributed by atoms with Crippen LogP contribution in [0.2, 0.25) is 0 Å². The Hall–Kier alpha value is -1.40. The summed E-state index contributed by atoms with van der Waals surface area (Å²) in [5.41, 5.74) is -1.88. The predicted molar refractivity (Wildman–Crippen MR) is 85.2 cm³/mol. The van der Waals surface area contributed by atoms with Crippen molar-refractivity contribution in [1.82, 2.24) is 0 Å². The zero-order chi connectivity index (χ0) is 17.9. The van der Waals surface area contributed by atoms with Crippen molar-refractivity contribution in [2.24, 2.45) is 34.5 Å². The fourth-order valence-corrected chi connectivity index (χ4v) is 7.63. The maximum Gasteiger partial charge on any atom is 0.315 e. The minimum absolute atomic E-state index is 0.0576. The molecular formula is C19H24O6. The summed E-state index contributed by atoms with van der Waals surface area (Å²) in [5.74, 6) is -2.87. The molecule has 3 N–H and O–H groups in total. The van der Waals surface area contributed by atoms with Gasteiger partial charge in [0, 0.05) is 18.3 Å². The van der Waals surface area contributed by atoms with Crippen molar-refractivity contribution in [1.29, 1.82) is 0 Å². The Bertz CT molecular complexity index is 717. The van der Waals surface area contributed by atoms with Gasteiger partial charge in [-0.15, -0.1) is 0 Å². The van der Waals surface area contributed by atoms with E-state index in [4.69, 9.17) is 4.74 Å². The van der Waals surface area contributed by atoms with Gasteiger partial charge in [0.2, 0.25) is 0 Å². The molecule has 25 heavy (non-hydrogen) atoms. The highest BCUT2D eigenvalue weighted by molar-refractivity contribution is 5.85. The van der Waals surface area contributed by atoms with Crippen LogP contribution in [0.5, 0.6) is 0 Å². The fourth-order valence-electron chi connectivity index (χ4n) is 7.63. The predicted octanol–water partition coefficient (Wildman–Crippen LogP) is 1.11. The van der Waals surface area contributed by atoms with E-state index < -0.39 is 52.4 Å². The smallest absolute Gasteiger partial charge is 0.315 e. The number of carbonyl (C=O) groups excluding carboxylic acids is 1. The third-order valence-electron chi connectivity index (χ3n) is 8.52. The maximum atomic E-state index is 12.7. The van der Waals surface area contributed by atoms with Gasteiger partial charge in [-0.2, -0.15) is 0 Å². The molecule has 1 saturated heterocycles. The molecule has 0 aromatic heterocycles. The lowest BCUT2D eigenvalue weighted by molar-refractivity contribution is -0.177. The highest BCUT2D eigenvalue weighted by atomic mass is 16.6. The number of hydrogen-bond donors (Lipinski definition) is 3. The van der Waals surface area contributed by atoms with Crippen molar-refractivity contribution in [3.63, 3.8) is 0 Å². The third-order valence-corrected chi connectivity index (χ3v) is 8.52. The summed E-state index contributed by atoms with van der Waals surface area (Å²) in [6.45, 7) is 5.81. The zero-order valence-electron chi connectivity index (χ0n) is 14.3. The largest absolute Gasteiger partial charge is 0.481 e. The molecule has 4 bridgehead atoms. The lowest BCUT2D eigenvalue weighted by Gasteiger charge is -2.47. The highest BCUT2D eigenvalue weighted by Gasteiger charge is 2.85. The Morgan fingerprint density at radius 1 is 1.28 bits per heavy atom. The van der Waals surface area contributed by atoms with E-state index in [9.17, 15) is 24.9 Å². The van der Waals surface area contributed by atoms with E-state index >= 15 is 0 Å². The van der Waals surface area contributed by atoms with Crippen LogP contribution in [0.4, 0.5) is 0 Å². The number of esters is 1. The number of carbonyl (C=O) groups is 2. The molecule has 0 unspecified atom stereocenters. The SMILES string of the molecule is C=C1C[C@@]23C[C@H]1CC[C@@H]2[C@@]12OC(=O)[C@@](C)([C@H](O)C[C@@H]1O)[C@H]2[C@H]3C(=O)O. The van der Waals surface area contributed by atoms with Gasteiger partial charge in [-0.3, -0.25) is 9.59 Å². The van der Waals surface area contributed by atoms with Gasteiger partial charge in [-0.05, 0) is 43.9 Å². The van der Waals surface area contributed by atoms with E-state index in [0.717, 1.165) is 24.8 Å². The molecule has 1 aliphatic heterocycles. The molecular weight excluding hydrogens is 324 g/mol. The van der Waals surface area contributed by atoms with Crippen LogP contribution < -0.4 is 0 Å². The minimum Gasteiger partial charge on any atom is -0.481 e. The summed E-state index contributed by atoms with van der Waals surface area (Å²) < 4.78 is 5.87. The summed E-state index contributed by atoms with van der Waals surface area (Å²) >= 11 is 0. The first kappa shape index (κ1) is 15.8. The average molecular weight is 348 g/mol. The molecule has 6 heteroatoms. The monoisotopic (exact) mass is 348 g/mol. The molecule has 4 saturated carbocycles. The Labute approximate surface area is 145 Å². The lowest BCUT2D eigenvalue weighted by Crippen LogP contribution is -2.60. The van der Waals surface area contributed by atoms with Crippen molar-refractivity contribution in [2.45, 2.75) is 56.8 Å². The van der Waals surface area contributed by atoms with E-state index in [1.807, 2.05) is 0 Å². The summed E-state index contributed by atoms with van der Waals surface area (Å²) in [4.78, 5) is 25.2. The quantitative estimate of drug-likeness (QED) is 0.484. The Balaban J connectivity index is 1.78. The molecule has 1 spiro atoms. The van der Waals surface area contributed by atoms with E-state index in [1.54, 1.807) is 6.92 Å². The molecule has 4 aliphatic carbocycles. The summed E-state index contributed by atoms with van der Waals surface area (Å²) in [7, 11) is 0. The van der Waals surface area contributed by atoms with Gasteiger partial charge in [-0.1, -0.05) is 12.2 Å². The second kappa shape index (κ2) is 4.29. The van der Waals surface area contributed by atoms with Gasteiger partial charge in [0.1, 0.15) is 5.60 Å². The average Bonchev–Trinajstić information content (AvgIpc) is 3.01. The molecule has 6 nitrogen and oxygen atoms in total. The van der Waals surface area contributed by atoms with Gasteiger partial charge in [0.25, 0.3) is 0 Å². The van der Waals surface area contributed by atoms with Gasteiger partial charge in [0.15, 0.2) is 0 Å². The zero-order valence-corrected chi connectivity index (χ0v) is 14.3. The number of carboxylic acids is 1. The topological polar surface area (TPSA) is 104 Å². The van der Waals surface area contributed by atoms with Crippen molar-refractivity contribution in [3.05, 3.63) is 12.2 Å². The number of aliphatic hydroxyl groups is 2. The van der Waals surface area contributed by atoms with E-state index in [-0.39, 0.29) is 12.3 Å². The number of ether oxygens (including phenoxy) is 1. The van der Waals surface area contributed by atoms with Crippen molar-refractivity contribution < 1.29 is 29.6 Å². The lowest BCUT2D eigenvalue weighted by atomic mass is 9.58. The number of aliphatic hydroxyl groups excluding tert-OH is 2. The summed E-state index contributed by atoms with van der Waals surface area (Å²) in [6.07, 6.45) is 0.937. The molecule has 0 aromatic carbocycles. The van der Waals surface area contributed by atoms with Crippen LogP contribution in [0.3, 0.4) is 0 Å². The van der Waals surface area contributed by atoms with Crippen LogP contribution in [-0.2, 0) is 14.3 Å². The number of rotatable bonds is 1. The second-order valence-electron chi connectivity index (χ2n) is 9.19. The van der Waals surface area contributed by atoms with Gasteiger partial charge < -0.3 is 20.1 Å². The number of carboxylic acid groups (broad SMARTS) is 1. The Morgan fingerprint density at radius 2 is 2.00 bits per heavy atom. The summed E-state index contributed by atoms with van der Waals surface area (Å²) in [5, 5.41) is 31.7. The van der Waals surface area contributed by atoms with Gasteiger partial charge in [0.05, 0.1) is 23.5 Å². The second-order valence-corrected chi connectivity index (χ2v) is 9.19. The van der Waals surface area contributed by atoms with Crippen molar-refractivity contribution in [3.8, 4) is 0 Å². The fraction of sp³-hybridized carbons (Fsp3) is 0.789. The Kier molecular flexibility index (Phi) is 2.71. The van der Waals surface area contributed by atoms with E-state index in [2.05, 4.69) is 6.58 Å². The van der Waals surface area contributed by atoms with E-state index in [0.29, 0.717) is 12.3 Å². The van der Waals surface area contributed by atoms with Crippen LogP contribution in [0.15, 0.2) is 12.2 Å². The van der Waals surface area contributed by atoms with E-state index in [1.165, 1.54) is 0 Å². The molecule has 0 radical (unpaired) electrons. The molecule has 5 rings (SSSR count). The standard InChI is InChI=1S/C19H24O6/c1-8-6-18-7-9(8)3-4-10(18)19-12(21)5-11(20)17(2,16(24)25-19)14(19)13(18)15(22)23/h9-14,20-21H,1,3-7H2,2H3,(H,22,23)/t9-,10+,11-,12+,13+,14-,17+,18-,19-/m1/s1. The van der Waals surface area contributed by atoms with Gasteiger partial charge >= 0.3 is 11.9 Å². The summed E-state index contributed by atoms with van der Waals surface area (Å²) in [6, 6.07) is 0. The number of aliphatic carboxylic acids is 1. The number of allylic oxidation sites excluding steroid dienone is 1. The molecule has 9 atom stereocenters. The number of fused-ring (bicyclic) bond motifs is 1. The molecule has 5 fully saturated rings. The molecule has 0 aromatic rings. The number of hydrogen-bond acceptors (Lipinski definition) is 5. The van der Waals surface area contributed by atoms with Crippen LogP contribution >= 0.6 is 0 Å². The van der Waals surface area contributed by atoms with Crippen LogP contribution in [0, 0.1) is 34.5 Å². The van der Waals surface area contributed by atoms with Crippen LogP contribution in [-0.4, -0.2) is 45.1 Å². The minimum atomic E-state index is -1.27. The first-order chi connectivity index (χ1) is 11.7. The molecule has 1 heterocycles. The van der Waals surface area contributed by atoms with Crippen LogP contribution in [0.25, 0.3) is 0 Å². The van der Waals surface area contributed by atoms with Crippen molar-refractivity contribution in [2.75, 3.05) is 0 Å². The first-order valence-corrected chi connectivity index (χ1v) is 9.19. The van der Waals surface area contributed by atoms with Crippen molar-refractivity contribution >= 4 is 11.9 Å². The Morgan fingerprint density at radius 3 is 2.68 bits per heavy atom. The molecule has 136 valence electrons. The normalized spacial score (nSPS) is 58.7.